The normalized spacial score (nSPS) is 14.9. The van der Waals surface area contributed by atoms with Crippen LogP contribution in [0.4, 0.5) is 5.69 Å². The number of carbonyl (C=O) groups excluding carboxylic acids is 2. The average molecular weight is 596 g/mol. The molecule has 2 heterocycles. The molecule has 42 heavy (non-hydrogen) atoms. The van der Waals surface area contributed by atoms with Crippen molar-refractivity contribution in [1.29, 1.82) is 0 Å². The minimum Gasteiger partial charge on any atom is -0.394 e. The zero-order valence-electron chi connectivity index (χ0n) is 24.8. The topological polar surface area (TPSA) is 125 Å². The number of aryl methyl sites for hydroxylation is 1. The van der Waals surface area contributed by atoms with Crippen molar-refractivity contribution in [1.82, 2.24) is 19.6 Å². The van der Waals surface area contributed by atoms with Crippen LogP contribution in [0.5, 0.6) is 0 Å². The van der Waals surface area contributed by atoms with Gasteiger partial charge in [-0.25, -0.2) is 13.1 Å². The van der Waals surface area contributed by atoms with E-state index in [1.54, 1.807) is 27.8 Å². The first kappa shape index (κ1) is 31.2. The van der Waals surface area contributed by atoms with Gasteiger partial charge >= 0.3 is 0 Å². The number of aromatic nitrogens is 2. The van der Waals surface area contributed by atoms with Crippen molar-refractivity contribution >= 4 is 27.5 Å². The first-order valence-corrected chi connectivity index (χ1v) is 16.4. The van der Waals surface area contributed by atoms with Gasteiger partial charge < -0.3 is 14.9 Å². The standard InChI is InChI=1S/C31H41N5O5S/c1-5-7-15-34(16-8-6-2)31(39)28-17-22(3)36(32-28)29-14-13-25(33-42(4,40)41)19-27(29)30(38)35-20-24-12-10-9-11-23(24)18-26(35)21-37/h9-14,17,19,26,33,37H,5-8,15-16,18,20-21H2,1-4H3. The molecular weight excluding hydrogens is 554 g/mol. The van der Waals surface area contributed by atoms with E-state index in [9.17, 15) is 23.1 Å². The molecule has 0 saturated heterocycles. The van der Waals surface area contributed by atoms with Crippen molar-refractivity contribution < 1.29 is 23.1 Å². The minimum atomic E-state index is -3.61. The van der Waals surface area contributed by atoms with E-state index in [4.69, 9.17) is 0 Å². The molecule has 0 fully saturated rings. The Bertz CT molecular complexity index is 1530. The third kappa shape index (κ3) is 7.19. The molecule has 0 bridgehead atoms. The second-order valence-corrected chi connectivity index (χ2v) is 12.7. The largest absolute Gasteiger partial charge is 0.394 e. The lowest BCUT2D eigenvalue weighted by molar-refractivity contribution is 0.0544. The number of sulfonamides is 1. The molecule has 0 aliphatic carbocycles. The number of aliphatic hydroxyl groups excluding tert-OH is 1. The Morgan fingerprint density at radius 2 is 1.71 bits per heavy atom. The summed E-state index contributed by atoms with van der Waals surface area (Å²) in [6.45, 7) is 7.37. The molecule has 2 N–H and O–H groups in total. The summed E-state index contributed by atoms with van der Waals surface area (Å²) in [4.78, 5) is 31.2. The van der Waals surface area contributed by atoms with Crippen LogP contribution in [0.15, 0.2) is 48.5 Å². The maximum Gasteiger partial charge on any atom is 0.274 e. The van der Waals surface area contributed by atoms with Crippen molar-refractivity contribution in [2.45, 2.75) is 65.5 Å². The molecule has 226 valence electrons. The van der Waals surface area contributed by atoms with Crippen molar-refractivity contribution in [3.8, 4) is 5.69 Å². The van der Waals surface area contributed by atoms with Gasteiger partial charge in [0.25, 0.3) is 11.8 Å². The average Bonchev–Trinajstić information content (AvgIpc) is 3.36. The van der Waals surface area contributed by atoms with Crippen LogP contribution in [0, 0.1) is 6.92 Å². The monoisotopic (exact) mass is 595 g/mol. The van der Waals surface area contributed by atoms with Crippen LogP contribution in [0.3, 0.4) is 0 Å². The van der Waals surface area contributed by atoms with Crippen molar-refractivity contribution in [2.75, 3.05) is 30.7 Å². The van der Waals surface area contributed by atoms with Crippen LogP contribution in [0.25, 0.3) is 5.69 Å². The van der Waals surface area contributed by atoms with Crippen molar-refractivity contribution in [3.63, 3.8) is 0 Å². The third-order valence-electron chi connectivity index (χ3n) is 7.54. The van der Waals surface area contributed by atoms with E-state index in [1.807, 2.05) is 36.1 Å². The Balaban J connectivity index is 1.76. The summed E-state index contributed by atoms with van der Waals surface area (Å²) in [6, 6.07) is 13.8. The number of benzene rings is 2. The zero-order chi connectivity index (χ0) is 30.4. The number of aliphatic hydroxyl groups is 1. The number of hydrogen-bond acceptors (Lipinski definition) is 6. The molecule has 0 spiro atoms. The molecule has 1 aliphatic rings. The summed E-state index contributed by atoms with van der Waals surface area (Å²) < 4.78 is 28.1. The van der Waals surface area contributed by atoms with E-state index in [-0.39, 0.29) is 35.4 Å². The number of amides is 2. The lowest BCUT2D eigenvalue weighted by Gasteiger charge is -2.36. The summed E-state index contributed by atoms with van der Waals surface area (Å²) in [5, 5.41) is 14.9. The van der Waals surface area contributed by atoms with E-state index in [0.29, 0.717) is 37.4 Å². The van der Waals surface area contributed by atoms with Gasteiger partial charge in [-0.2, -0.15) is 5.10 Å². The summed E-state index contributed by atoms with van der Waals surface area (Å²) in [7, 11) is -3.61. The molecular formula is C31H41N5O5S. The summed E-state index contributed by atoms with van der Waals surface area (Å²) >= 11 is 0. The lowest BCUT2D eigenvalue weighted by Crippen LogP contribution is -2.46. The second-order valence-electron chi connectivity index (χ2n) is 10.9. The first-order chi connectivity index (χ1) is 20.1. The first-order valence-electron chi connectivity index (χ1n) is 14.5. The Labute approximate surface area is 248 Å². The van der Waals surface area contributed by atoms with Crippen LogP contribution >= 0.6 is 0 Å². The van der Waals surface area contributed by atoms with Crippen molar-refractivity contribution in [3.05, 3.63) is 76.6 Å². The van der Waals surface area contributed by atoms with Crippen LogP contribution in [0.1, 0.15) is 77.2 Å². The lowest BCUT2D eigenvalue weighted by atomic mass is 9.93. The quantitative estimate of drug-likeness (QED) is 0.324. The molecule has 1 aromatic heterocycles. The Kier molecular flexibility index (Phi) is 10.1. The molecule has 2 amide bonds. The molecule has 1 unspecified atom stereocenters. The molecule has 0 saturated carbocycles. The SMILES string of the molecule is CCCCN(CCCC)C(=O)c1cc(C)n(-c2ccc(NS(C)(=O)=O)cc2C(=O)N2Cc3ccccc3CC2CO)n1. The predicted molar refractivity (Wildman–Crippen MR) is 163 cm³/mol. The van der Waals surface area contributed by atoms with Gasteiger partial charge in [-0.1, -0.05) is 51.0 Å². The molecule has 11 heteroatoms. The number of rotatable bonds is 12. The highest BCUT2D eigenvalue weighted by Gasteiger charge is 2.32. The van der Waals surface area contributed by atoms with Crippen LogP contribution in [0.2, 0.25) is 0 Å². The fraction of sp³-hybridized carbons (Fsp3) is 0.452. The van der Waals surface area contributed by atoms with E-state index in [2.05, 4.69) is 23.7 Å². The fourth-order valence-electron chi connectivity index (χ4n) is 5.31. The Hall–Kier alpha value is -3.70. The molecule has 0 radical (unpaired) electrons. The minimum absolute atomic E-state index is 0.157. The second kappa shape index (κ2) is 13.5. The Morgan fingerprint density at radius 3 is 2.33 bits per heavy atom. The molecule has 1 aliphatic heterocycles. The summed E-state index contributed by atoms with van der Waals surface area (Å²) in [5.74, 6) is -0.527. The maximum atomic E-state index is 14.2. The smallest absolute Gasteiger partial charge is 0.274 e. The highest BCUT2D eigenvalue weighted by molar-refractivity contribution is 7.92. The fourth-order valence-corrected chi connectivity index (χ4v) is 5.87. The van der Waals surface area contributed by atoms with E-state index in [0.717, 1.165) is 43.1 Å². The van der Waals surface area contributed by atoms with Gasteiger partial charge in [-0.05, 0) is 61.6 Å². The number of unbranched alkanes of at least 4 members (excludes halogenated alkanes) is 2. The van der Waals surface area contributed by atoms with Gasteiger partial charge in [0.15, 0.2) is 5.69 Å². The maximum absolute atomic E-state index is 14.2. The molecule has 10 nitrogen and oxygen atoms in total. The van der Waals surface area contributed by atoms with Gasteiger partial charge in [-0.3, -0.25) is 14.3 Å². The van der Waals surface area contributed by atoms with Gasteiger partial charge in [0.2, 0.25) is 10.0 Å². The van der Waals surface area contributed by atoms with Gasteiger partial charge in [0.05, 0.1) is 30.2 Å². The van der Waals surface area contributed by atoms with E-state index < -0.39 is 16.1 Å². The molecule has 1 atom stereocenters. The third-order valence-corrected chi connectivity index (χ3v) is 8.15. The van der Waals surface area contributed by atoms with Gasteiger partial charge in [0, 0.05) is 31.0 Å². The number of carbonyl (C=O) groups is 2. The van der Waals surface area contributed by atoms with Crippen LogP contribution in [-0.2, 0) is 23.0 Å². The van der Waals surface area contributed by atoms with Crippen LogP contribution < -0.4 is 4.72 Å². The predicted octanol–water partition coefficient (Wildman–Crippen LogP) is 4.15. The molecule has 4 rings (SSSR count). The van der Waals surface area contributed by atoms with Gasteiger partial charge in [0.1, 0.15) is 0 Å². The number of nitrogens with zero attached hydrogens (tertiary/aromatic N) is 4. The van der Waals surface area contributed by atoms with Gasteiger partial charge in [-0.15, -0.1) is 0 Å². The zero-order valence-corrected chi connectivity index (χ0v) is 25.7. The summed E-state index contributed by atoms with van der Waals surface area (Å²) in [5.41, 5.74) is 3.87. The number of hydrogen-bond donors (Lipinski definition) is 2. The number of fused-ring (bicyclic) bond motifs is 1. The molecule has 2 aromatic carbocycles. The molecule has 3 aromatic rings. The Morgan fingerprint density at radius 1 is 1.05 bits per heavy atom. The van der Waals surface area contributed by atoms with Crippen molar-refractivity contribution in [2.24, 2.45) is 0 Å². The highest BCUT2D eigenvalue weighted by atomic mass is 32.2. The van der Waals surface area contributed by atoms with E-state index in [1.165, 1.54) is 6.07 Å². The highest BCUT2D eigenvalue weighted by Crippen LogP contribution is 2.29. The number of nitrogens with one attached hydrogen (secondary N) is 1. The number of anilines is 1. The summed E-state index contributed by atoms with van der Waals surface area (Å²) in [6.07, 6.45) is 5.28. The van der Waals surface area contributed by atoms with Crippen LogP contribution in [-0.4, -0.2) is 76.9 Å². The van der Waals surface area contributed by atoms with E-state index >= 15 is 0 Å².